The minimum atomic E-state index is 0.677. The largest absolute Gasteiger partial charge is 0.494 e. The van der Waals surface area contributed by atoms with Crippen LogP contribution in [0.3, 0.4) is 0 Å². The zero-order valence-corrected chi connectivity index (χ0v) is 15.6. The van der Waals surface area contributed by atoms with Crippen molar-refractivity contribution in [2.75, 3.05) is 6.61 Å². The fourth-order valence-electron chi connectivity index (χ4n) is 2.59. The molecule has 0 saturated heterocycles. The highest BCUT2D eigenvalue weighted by Gasteiger charge is 2.07. The van der Waals surface area contributed by atoms with E-state index in [1.165, 1.54) is 38.5 Å². The van der Waals surface area contributed by atoms with Crippen LogP contribution >= 0.6 is 0 Å². The fraction of sp³-hybridized carbons (Fsp3) is 0.550. The highest BCUT2D eigenvalue weighted by atomic mass is 16.5. The molecule has 136 valence electrons. The van der Waals surface area contributed by atoms with Crippen molar-refractivity contribution in [2.45, 2.75) is 65.7 Å². The maximum atomic E-state index is 5.78. The average Bonchev–Trinajstić information content (AvgIpc) is 2.94. The summed E-state index contributed by atoms with van der Waals surface area (Å²) in [6.07, 6.45) is 9.03. The van der Waals surface area contributed by atoms with Gasteiger partial charge in [-0.25, -0.2) is 0 Å². The van der Waals surface area contributed by atoms with Crippen molar-refractivity contribution in [3.8, 4) is 5.75 Å². The van der Waals surface area contributed by atoms with Crippen molar-refractivity contribution in [2.24, 2.45) is 10.2 Å². The first-order chi connectivity index (χ1) is 12.2. The van der Waals surface area contributed by atoms with Gasteiger partial charge in [0.25, 0.3) is 0 Å². The summed E-state index contributed by atoms with van der Waals surface area (Å²) in [4.78, 5) is 0. The lowest BCUT2D eigenvalue weighted by molar-refractivity contribution is 0.304. The zero-order valence-electron chi connectivity index (χ0n) is 15.6. The molecule has 1 heterocycles. The monoisotopic (exact) mass is 343 g/mol. The number of ether oxygens (including phenoxy) is 1. The molecular formula is C20H29N3O2. The molecule has 0 spiro atoms. The van der Waals surface area contributed by atoms with Crippen molar-refractivity contribution in [1.82, 2.24) is 5.16 Å². The molecule has 25 heavy (non-hydrogen) atoms. The third kappa shape index (κ3) is 6.69. The summed E-state index contributed by atoms with van der Waals surface area (Å²) < 4.78 is 10.9. The van der Waals surface area contributed by atoms with E-state index in [4.69, 9.17) is 9.26 Å². The molecule has 1 aromatic carbocycles. The first kappa shape index (κ1) is 19.2. The van der Waals surface area contributed by atoms with Crippen molar-refractivity contribution in [1.29, 1.82) is 0 Å². The van der Waals surface area contributed by atoms with Crippen molar-refractivity contribution in [3.63, 3.8) is 0 Å². The second-order valence-corrected chi connectivity index (χ2v) is 6.34. The van der Waals surface area contributed by atoms with Gasteiger partial charge in [0.05, 0.1) is 12.3 Å². The lowest BCUT2D eigenvalue weighted by atomic mass is 10.1. The molecule has 0 radical (unpaired) electrons. The summed E-state index contributed by atoms with van der Waals surface area (Å²) in [7, 11) is 0. The second kappa shape index (κ2) is 10.6. The number of hydrogen-bond donors (Lipinski definition) is 0. The smallest absolute Gasteiger partial charge is 0.161 e. The summed E-state index contributed by atoms with van der Waals surface area (Å²) in [6, 6.07) is 7.68. The molecule has 2 rings (SSSR count). The molecule has 0 aliphatic rings. The van der Waals surface area contributed by atoms with Crippen LogP contribution in [0.15, 0.2) is 39.0 Å². The van der Waals surface area contributed by atoms with E-state index in [0.29, 0.717) is 11.4 Å². The Morgan fingerprint density at radius 1 is 0.920 bits per heavy atom. The molecule has 2 aromatic rings. The lowest BCUT2D eigenvalue weighted by Gasteiger charge is -2.06. The van der Waals surface area contributed by atoms with Crippen molar-refractivity contribution < 1.29 is 9.26 Å². The number of unbranched alkanes of at least 4 members (excludes halogenated alkanes) is 6. The standard InChI is InChI=1S/C20H29N3O2/c1-4-5-6-7-8-9-10-15-24-19-13-11-18(12-14-19)21-22-20-16(2)23-25-17(20)3/h11-14H,4-10,15H2,1-3H3/b22-21+. The van der Waals surface area contributed by atoms with Gasteiger partial charge in [-0.15, -0.1) is 5.11 Å². The Bertz CT molecular complexity index is 628. The van der Waals surface area contributed by atoms with Crippen LogP contribution in [0, 0.1) is 13.8 Å². The maximum absolute atomic E-state index is 5.78. The molecule has 0 fully saturated rings. The molecule has 1 aromatic heterocycles. The van der Waals surface area contributed by atoms with Gasteiger partial charge in [0, 0.05) is 0 Å². The SMILES string of the molecule is CCCCCCCCCOc1ccc(/N=N/c2c(C)noc2C)cc1. The van der Waals surface area contributed by atoms with Gasteiger partial charge in [0.15, 0.2) is 11.4 Å². The first-order valence-electron chi connectivity index (χ1n) is 9.28. The Hall–Kier alpha value is -2.17. The maximum Gasteiger partial charge on any atom is 0.161 e. The van der Waals surface area contributed by atoms with Crippen LogP contribution < -0.4 is 4.74 Å². The minimum absolute atomic E-state index is 0.677. The van der Waals surface area contributed by atoms with E-state index in [1.807, 2.05) is 38.1 Å². The molecule has 5 nitrogen and oxygen atoms in total. The Balaban J connectivity index is 1.69. The first-order valence-corrected chi connectivity index (χ1v) is 9.28. The zero-order chi connectivity index (χ0) is 17.9. The quantitative estimate of drug-likeness (QED) is 0.331. The van der Waals surface area contributed by atoms with Gasteiger partial charge in [-0.1, -0.05) is 50.6 Å². The van der Waals surface area contributed by atoms with Gasteiger partial charge in [0.2, 0.25) is 0 Å². The molecule has 0 N–H and O–H groups in total. The number of nitrogens with zero attached hydrogens (tertiary/aromatic N) is 3. The molecule has 0 atom stereocenters. The molecule has 0 unspecified atom stereocenters. The van der Waals surface area contributed by atoms with E-state index >= 15 is 0 Å². The highest BCUT2D eigenvalue weighted by molar-refractivity contribution is 5.45. The molecule has 0 amide bonds. The van der Waals surface area contributed by atoms with Gasteiger partial charge < -0.3 is 9.26 Å². The predicted octanol–water partition coefficient (Wildman–Crippen LogP) is 6.84. The van der Waals surface area contributed by atoms with Crippen LogP contribution in [0.1, 0.15) is 63.3 Å². The fourth-order valence-corrected chi connectivity index (χ4v) is 2.59. The van der Waals surface area contributed by atoms with E-state index < -0.39 is 0 Å². The number of rotatable bonds is 11. The topological polar surface area (TPSA) is 60.0 Å². The average molecular weight is 343 g/mol. The van der Waals surface area contributed by atoms with Crippen LogP contribution in [0.4, 0.5) is 11.4 Å². The summed E-state index contributed by atoms with van der Waals surface area (Å²) >= 11 is 0. The van der Waals surface area contributed by atoms with Crippen LogP contribution in [0.5, 0.6) is 5.75 Å². The van der Waals surface area contributed by atoms with Gasteiger partial charge in [0.1, 0.15) is 11.4 Å². The predicted molar refractivity (Wildman–Crippen MR) is 100 cm³/mol. The van der Waals surface area contributed by atoms with Gasteiger partial charge in [-0.05, 0) is 44.5 Å². The molecule has 0 aliphatic carbocycles. The van der Waals surface area contributed by atoms with Crippen molar-refractivity contribution >= 4 is 11.4 Å². The summed E-state index contributed by atoms with van der Waals surface area (Å²) in [5.74, 6) is 1.55. The van der Waals surface area contributed by atoms with Gasteiger partial charge in [-0.3, -0.25) is 0 Å². The van der Waals surface area contributed by atoms with E-state index in [1.54, 1.807) is 0 Å². The Morgan fingerprint density at radius 2 is 1.60 bits per heavy atom. The van der Waals surface area contributed by atoms with E-state index in [0.717, 1.165) is 30.2 Å². The number of benzene rings is 1. The molecule has 0 aliphatic heterocycles. The number of azo groups is 1. The molecular weight excluding hydrogens is 314 g/mol. The summed E-state index contributed by atoms with van der Waals surface area (Å²) in [5, 5.41) is 12.3. The number of aromatic nitrogens is 1. The van der Waals surface area contributed by atoms with E-state index in [2.05, 4.69) is 22.3 Å². The summed E-state index contributed by atoms with van der Waals surface area (Å²) in [5.41, 5.74) is 2.22. The summed E-state index contributed by atoms with van der Waals surface area (Å²) in [6.45, 7) is 6.70. The van der Waals surface area contributed by atoms with Crippen LogP contribution in [-0.4, -0.2) is 11.8 Å². The molecule has 0 saturated carbocycles. The Kier molecular flexibility index (Phi) is 8.16. The van der Waals surface area contributed by atoms with E-state index in [9.17, 15) is 0 Å². The van der Waals surface area contributed by atoms with E-state index in [-0.39, 0.29) is 0 Å². The molecule has 5 heteroatoms. The number of aryl methyl sites for hydroxylation is 2. The third-order valence-corrected chi connectivity index (χ3v) is 4.11. The van der Waals surface area contributed by atoms with Gasteiger partial charge in [-0.2, -0.15) is 5.11 Å². The normalized spacial score (nSPS) is 11.3. The Labute approximate surface area is 150 Å². The molecule has 0 bridgehead atoms. The van der Waals surface area contributed by atoms with Crippen LogP contribution in [-0.2, 0) is 0 Å². The highest BCUT2D eigenvalue weighted by Crippen LogP contribution is 2.26. The third-order valence-electron chi connectivity index (χ3n) is 4.11. The number of hydrogen-bond acceptors (Lipinski definition) is 5. The Morgan fingerprint density at radius 3 is 2.24 bits per heavy atom. The van der Waals surface area contributed by atoms with Crippen LogP contribution in [0.2, 0.25) is 0 Å². The van der Waals surface area contributed by atoms with Crippen LogP contribution in [0.25, 0.3) is 0 Å². The lowest BCUT2D eigenvalue weighted by Crippen LogP contribution is -1.96. The van der Waals surface area contributed by atoms with Crippen molar-refractivity contribution in [3.05, 3.63) is 35.7 Å². The van der Waals surface area contributed by atoms with Gasteiger partial charge >= 0.3 is 0 Å². The minimum Gasteiger partial charge on any atom is -0.494 e. The second-order valence-electron chi connectivity index (χ2n) is 6.34.